The van der Waals surface area contributed by atoms with E-state index in [0.717, 1.165) is 6.54 Å². The number of hydrogen-bond donors (Lipinski definition) is 0. The van der Waals surface area contributed by atoms with Gasteiger partial charge in [-0.05, 0) is 6.92 Å². The lowest BCUT2D eigenvalue weighted by atomic mass is 10.2. The molecular weight excluding hydrogens is 206 g/mol. The summed E-state index contributed by atoms with van der Waals surface area (Å²) in [7, 11) is 1.78. The van der Waals surface area contributed by atoms with Crippen LogP contribution in [0.15, 0.2) is 18.7 Å². The molecule has 0 aliphatic heterocycles. The molecule has 0 amide bonds. The van der Waals surface area contributed by atoms with Crippen LogP contribution in [0, 0.1) is 0 Å². The highest BCUT2D eigenvalue weighted by molar-refractivity contribution is 5.96. The molecule has 0 fully saturated rings. The smallest absolute Gasteiger partial charge is 0.173 e. The van der Waals surface area contributed by atoms with Crippen molar-refractivity contribution in [2.75, 3.05) is 0 Å². The predicted octanol–water partition coefficient (Wildman–Crippen LogP) is 0.457. The lowest BCUT2D eigenvalue weighted by Crippen LogP contribution is -2.10. The highest BCUT2D eigenvalue weighted by atomic mass is 16.1. The molecule has 0 N–H and O–H groups in total. The van der Waals surface area contributed by atoms with Crippen LogP contribution in [-0.4, -0.2) is 30.3 Å². The van der Waals surface area contributed by atoms with Crippen LogP contribution in [-0.2, 0) is 20.0 Å². The maximum absolute atomic E-state index is 11.9. The van der Waals surface area contributed by atoms with Gasteiger partial charge in [-0.2, -0.15) is 10.2 Å². The summed E-state index contributed by atoms with van der Waals surface area (Å²) in [4.78, 5) is 15.9. The Balaban J connectivity index is 2.13. The molecule has 0 radical (unpaired) electrons. The van der Waals surface area contributed by atoms with Crippen LogP contribution in [0.5, 0.6) is 0 Å². The van der Waals surface area contributed by atoms with E-state index in [1.54, 1.807) is 28.8 Å². The van der Waals surface area contributed by atoms with Crippen LogP contribution < -0.4 is 0 Å². The first-order chi connectivity index (χ1) is 7.70. The van der Waals surface area contributed by atoms with Crippen LogP contribution in [0.3, 0.4) is 0 Å². The number of hydrogen-bond acceptors (Lipinski definition) is 4. The van der Waals surface area contributed by atoms with Gasteiger partial charge in [-0.15, -0.1) is 0 Å². The molecule has 0 saturated heterocycles. The minimum Gasteiger partial charge on any atom is -0.294 e. The van der Waals surface area contributed by atoms with Crippen molar-refractivity contribution in [3.05, 3.63) is 30.1 Å². The van der Waals surface area contributed by atoms with Crippen molar-refractivity contribution in [3.63, 3.8) is 0 Å². The lowest BCUT2D eigenvalue weighted by Gasteiger charge is -2.00. The number of aromatic nitrogens is 5. The standard InChI is InChI=1S/C10H13N5O/c1-3-15-10(11-7-13-15)4-9(16)8-5-12-14(2)6-8/h5-7H,3-4H2,1-2H3. The van der Waals surface area contributed by atoms with Gasteiger partial charge in [0.25, 0.3) is 0 Å². The van der Waals surface area contributed by atoms with E-state index in [4.69, 9.17) is 0 Å². The topological polar surface area (TPSA) is 65.6 Å². The second-order valence-electron chi connectivity index (χ2n) is 3.49. The van der Waals surface area contributed by atoms with Crippen molar-refractivity contribution in [2.45, 2.75) is 19.9 Å². The van der Waals surface area contributed by atoms with Gasteiger partial charge in [0.2, 0.25) is 0 Å². The normalized spacial score (nSPS) is 10.6. The molecule has 0 saturated carbocycles. The molecule has 0 aliphatic rings. The van der Waals surface area contributed by atoms with E-state index in [9.17, 15) is 4.79 Å². The van der Waals surface area contributed by atoms with Crippen molar-refractivity contribution in [2.24, 2.45) is 7.05 Å². The predicted molar refractivity (Wildman–Crippen MR) is 56.9 cm³/mol. The minimum atomic E-state index is 0.0100. The van der Waals surface area contributed by atoms with Gasteiger partial charge in [-0.25, -0.2) is 9.67 Å². The Kier molecular flexibility index (Phi) is 2.80. The van der Waals surface area contributed by atoms with Gasteiger partial charge in [0.15, 0.2) is 5.78 Å². The summed E-state index contributed by atoms with van der Waals surface area (Å²) in [6, 6.07) is 0. The SMILES string of the molecule is CCn1ncnc1CC(=O)c1cnn(C)c1. The lowest BCUT2D eigenvalue weighted by molar-refractivity contribution is 0.0989. The summed E-state index contributed by atoms with van der Waals surface area (Å²) in [5.74, 6) is 0.701. The number of nitrogens with zero attached hydrogens (tertiary/aromatic N) is 5. The van der Waals surface area contributed by atoms with Gasteiger partial charge < -0.3 is 0 Å². The molecule has 0 spiro atoms. The van der Waals surface area contributed by atoms with E-state index in [2.05, 4.69) is 15.2 Å². The zero-order valence-electron chi connectivity index (χ0n) is 9.29. The number of aryl methyl sites for hydroxylation is 2. The van der Waals surface area contributed by atoms with Crippen LogP contribution >= 0.6 is 0 Å². The summed E-state index contributed by atoms with van der Waals surface area (Å²) >= 11 is 0. The van der Waals surface area contributed by atoms with Crippen molar-refractivity contribution in [1.82, 2.24) is 24.5 Å². The molecule has 2 rings (SSSR count). The number of ketones is 1. The summed E-state index contributed by atoms with van der Waals surface area (Å²) < 4.78 is 3.33. The molecule has 0 bridgehead atoms. The van der Waals surface area contributed by atoms with Crippen LogP contribution in [0.1, 0.15) is 23.1 Å². The fraction of sp³-hybridized carbons (Fsp3) is 0.400. The van der Waals surface area contributed by atoms with Crippen LogP contribution in [0.2, 0.25) is 0 Å². The van der Waals surface area contributed by atoms with E-state index in [0.29, 0.717) is 11.4 Å². The minimum absolute atomic E-state index is 0.0100. The Morgan fingerprint density at radius 3 is 2.88 bits per heavy atom. The maximum Gasteiger partial charge on any atom is 0.173 e. The Morgan fingerprint density at radius 2 is 2.25 bits per heavy atom. The van der Waals surface area contributed by atoms with Crippen molar-refractivity contribution >= 4 is 5.78 Å². The third-order valence-electron chi connectivity index (χ3n) is 2.34. The van der Waals surface area contributed by atoms with Gasteiger partial charge >= 0.3 is 0 Å². The Bertz CT molecular complexity index is 499. The first-order valence-electron chi connectivity index (χ1n) is 5.09. The second-order valence-corrected chi connectivity index (χ2v) is 3.49. The molecule has 2 aromatic heterocycles. The molecule has 0 aromatic carbocycles. The molecule has 0 aliphatic carbocycles. The van der Waals surface area contributed by atoms with E-state index in [1.807, 2.05) is 6.92 Å². The van der Waals surface area contributed by atoms with Gasteiger partial charge in [-0.1, -0.05) is 0 Å². The highest BCUT2D eigenvalue weighted by Crippen LogP contribution is 2.04. The van der Waals surface area contributed by atoms with Crippen LogP contribution in [0.25, 0.3) is 0 Å². The summed E-state index contributed by atoms with van der Waals surface area (Å²) in [6.07, 6.45) is 5.00. The molecular formula is C10H13N5O. The van der Waals surface area contributed by atoms with Crippen LogP contribution in [0.4, 0.5) is 0 Å². The summed E-state index contributed by atoms with van der Waals surface area (Å²) in [5.41, 5.74) is 0.605. The van der Waals surface area contributed by atoms with E-state index in [-0.39, 0.29) is 12.2 Å². The van der Waals surface area contributed by atoms with Gasteiger partial charge in [0.1, 0.15) is 12.2 Å². The molecule has 0 unspecified atom stereocenters. The molecule has 16 heavy (non-hydrogen) atoms. The Morgan fingerprint density at radius 1 is 1.44 bits per heavy atom. The van der Waals surface area contributed by atoms with Gasteiger partial charge in [-0.3, -0.25) is 9.48 Å². The van der Waals surface area contributed by atoms with Gasteiger partial charge in [0.05, 0.1) is 18.2 Å². The van der Waals surface area contributed by atoms with E-state index < -0.39 is 0 Å². The van der Waals surface area contributed by atoms with E-state index in [1.165, 1.54) is 6.33 Å². The Hall–Kier alpha value is -1.98. The van der Waals surface area contributed by atoms with Crippen molar-refractivity contribution < 1.29 is 4.79 Å². The fourth-order valence-electron chi connectivity index (χ4n) is 1.50. The molecule has 6 nitrogen and oxygen atoms in total. The quantitative estimate of drug-likeness (QED) is 0.700. The van der Waals surface area contributed by atoms with Gasteiger partial charge in [0, 0.05) is 19.8 Å². The highest BCUT2D eigenvalue weighted by Gasteiger charge is 2.12. The number of carbonyl (C=O) groups is 1. The summed E-state index contributed by atoms with van der Waals surface area (Å²) in [6.45, 7) is 2.68. The molecule has 6 heteroatoms. The number of carbonyl (C=O) groups excluding carboxylic acids is 1. The van der Waals surface area contributed by atoms with E-state index >= 15 is 0 Å². The molecule has 2 aromatic rings. The zero-order valence-corrected chi connectivity index (χ0v) is 9.29. The third-order valence-corrected chi connectivity index (χ3v) is 2.34. The number of rotatable bonds is 4. The number of Topliss-reactive ketones (excluding diaryl/α,β-unsaturated/α-hetero) is 1. The monoisotopic (exact) mass is 219 g/mol. The largest absolute Gasteiger partial charge is 0.294 e. The maximum atomic E-state index is 11.9. The molecule has 2 heterocycles. The average Bonchev–Trinajstić information content (AvgIpc) is 2.86. The zero-order chi connectivity index (χ0) is 11.5. The van der Waals surface area contributed by atoms with Crippen molar-refractivity contribution in [1.29, 1.82) is 0 Å². The first-order valence-corrected chi connectivity index (χ1v) is 5.09. The van der Waals surface area contributed by atoms with Crippen molar-refractivity contribution in [3.8, 4) is 0 Å². The fourth-order valence-corrected chi connectivity index (χ4v) is 1.50. The Labute approximate surface area is 92.9 Å². The molecule has 0 atom stereocenters. The average molecular weight is 219 g/mol. The summed E-state index contributed by atoms with van der Waals surface area (Å²) in [5, 5.41) is 7.98. The second kappa shape index (κ2) is 4.26. The molecule has 84 valence electrons. The third kappa shape index (κ3) is 2.00. The first kappa shape index (κ1) is 10.5.